The minimum atomic E-state index is 0.505. The van der Waals surface area contributed by atoms with Gasteiger partial charge in [-0.25, -0.2) is 0 Å². The summed E-state index contributed by atoms with van der Waals surface area (Å²) >= 11 is 2.08. The van der Waals surface area contributed by atoms with Crippen molar-refractivity contribution in [2.24, 2.45) is 0 Å². The summed E-state index contributed by atoms with van der Waals surface area (Å²) in [6, 6.07) is 20.2. The van der Waals surface area contributed by atoms with Crippen LogP contribution < -0.4 is 5.32 Å². The van der Waals surface area contributed by atoms with Crippen molar-refractivity contribution >= 4 is 11.8 Å². The Morgan fingerprint density at radius 2 is 1.80 bits per heavy atom. The molecule has 104 valence electrons. The molecule has 0 aromatic heterocycles. The smallest absolute Gasteiger partial charge is 0.0446 e. The lowest BCUT2D eigenvalue weighted by molar-refractivity contribution is 0.560. The molecule has 0 bridgehead atoms. The second-order valence-electron chi connectivity index (χ2n) is 5.27. The van der Waals surface area contributed by atoms with Crippen LogP contribution in [0.15, 0.2) is 54.6 Å². The van der Waals surface area contributed by atoms with Gasteiger partial charge in [0, 0.05) is 17.0 Å². The van der Waals surface area contributed by atoms with Gasteiger partial charge in [-0.2, -0.15) is 11.8 Å². The first kappa shape index (κ1) is 13.7. The van der Waals surface area contributed by atoms with Crippen LogP contribution in [0.1, 0.15) is 29.7 Å². The first-order valence-corrected chi connectivity index (χ1v) is 8.40. The van der Waals surface area contributed by atoms with E-state index in [1.165, 1.54) is 23.1 Å². The molecular weight excluding hydrogens is 262 g/mol. The highest BCUT2D eigenvalue weighted by molar-refractivity contribution is 7.99. The third kappa shape index (κ3) is 2.92. The molecule has 2 heteroatoms. The lowest BCUT2D eigenvalue weighted by Gasteiger charge is -2.21. The molecule has 2 unspecified atom stereocenters. The predicted octanol–water partition coefficient (Wildman–Crippen LogP) is 4.20. The van der Waals surface area contributed by atoms with E-state index in [-0.39, 0.29) is 0 Å². The van der Waals surface area contributed by atoms with E-state index in [1.54, 1.807) is 0 Å². The van der Waals surface area contributed by atoms with Crippen LogP contribution >= 0.6 is 11.8 Å². The Morgan fingerprint density at radius 1 is 1.05 bits per heavy atom. The van der Waals surface area contributed by atoms with Crippen molar-refractivity contribution in [3.63, 3.8) is 0 Å². The minimum absolute atomic E-state index is 0.505. The van der Waals surface area contributed by atoms with Crippen molar-refractivity contribution in [3.05, 3.63) is 71.3 Å². The highest BCUT2D eigenvalue weighted by atomic mass is 32.2. The van der Waals surface area contributed by atoms with Crippen LogP contribution in [0.25, 0.3) is 0 Å². The molecule has 1 N–H and O–H groups in total. The number of thioether (sulfide) groups is 1. The molecule has 0 saturated carbocycles. The molecule has 20 heavy (non-hydrogen) atoms. The molecule has 1 nitrogen and oxygen atoms in total. The topological polar surface area (TPSA) is 12.0 Å². The van der Waals surface area contributed by atoms with E-state index in [0.717, 1.165) is 12.3 Å². The molecule has 1 aliphatic carbocycles. The molecule has 0 fully saturated rings. The van der Waals surface area contributed by atoms with Crippen LogP contribution in [0.2, 0.25) is 0 Å². The van der Waals surface area contributed by atoms with Crippen molar-refractivity contribution in [3.8, 4) is 0 Å². The third-order valence-electron chi connectivity index (χ3n) is 3.91. The van der Waals surface area contributed by atoms with E-state index in [2.05, 4.69) is 78.6 Å². The van der Waals surface area contributed by atoms with Gasteiger partial charge in [0.25, 0.3) is 0 Å². The summed E-state index contributed by atoms with van der Waals surface area (Å²) in [6.07, 6.45) is 1.19. The zero-order valence-corrected chi connectivity index (χ0v) is 12.7. The molecule has 0 saturated heterocycles. The fourth-order valence-corrected chi connectivity index (χ4v) is 4.28. The molecule has 0 aliphatic heterocycles. The highest BCUT2D eigenvalue weighted by Gasteiger charge is 2.31. The monoisotopic (exact) mass is 283 g/mol. The average Bonchev–Trinajstić information content (AvgIpc) is 2.85. The second-order valence-corrected chi connectivity index (χ2v) is 6.50. The standard InChI is InChI=1S/C18H21NS/c1-2-19-18-16-11-7-6-10-15(16)12-17(18)20-13-14-8-4-3-5-9-14/h3-11,17-19H,2,12-13H2,1H3. The number of nitrogens with one attached hydrogen (secondary N) is 1. The van der Waals surface area contributed by atoms with E-state index in [1.807, 2.05) is 0 Å². The minimum Gasteiger partial charge on any atom is -0.309 e. The lowest BCUT2D eigenvalue weighted by Crippen LogP contribution is -2.26. The van der Waals surface area contributed by atoms with Gasteiger partial charge in [-0.1, -0.05) is 61.5 Å². The second kappa shape index (κ2) is 6.47. The van der Waals surface area contributed by atoms with Gasteiger partial charge in [0.2, 0.25) is 0 Å². The maximum absolute atomic E-state index is 3.67. The van der Waals surface area contributed by atoms with Gasteiger partial charge in [0.15, 0.2) is 0 Å². The van der Waals surface area contributed by atoms with Crippen LogP contribution in [-0.4, -0.2) is 11.8 Å². The number of fused-ring (bicyclic) bond motifs is 1. The van der Waals surface area contributed by atoms with Crippen LogP contribution in [0.4, 0.5) is 0 Å². The molecule has 2 aromatic carbocycles. The summed E-state index contributed by atoms with van der Waals surface area (Å²) in [4.78, 5) is 0. The van der Waals surface area contributed by atoms with Gasteiger partial charge in [-0.15, -0.1) is 0 Å². The molecule has 0 spiro atoms. The van der Waals surface area contributed by atoms with Crippen molar-refractivity contribution in [1.29, 1.82) is 0 Å². The zero-order chi connectivity index (χ0) is 13.8. The molecule has 0 radical (unpaired) electrons. The average molecular weight is 283 g/mol. The Labute approximate surface area is 125 Å². The molecule has 1 aliphatic rings. The van der Waals surface area contributed by atoms with Gasteiger partial charge in [-0.3, -0.25) is 0 Å². The SMILES string of the molecule is CCNC1c2ccccc2CC1SCc1ccccc1. The van der Waals surface area contributed by atoms with E-state index in [9.17, 15) is 0 Å². The van der Waals surface area contributed by atoms with E-state index >= 15 is 0 Å². The summed E-state index contributed by atoms with van der Waals surface area (Å²) < 4.78 is 0. The largest absolute Gasteiger partial charge is 0.309 e. The highest BCUT2D eigenvalue weighted by Crippen LogP contribution is 2.39. The molecule has 0 amide bonds. The molecule has 2 aromatic rings. The van der Waals surface area contributed by atoms with Gasteiger partial charge in [0.05, 0.1) is 0 Å². The van der Waals surface area contributed by atoms with Crippen molar-refractivity contribution in [1.82, 2.24) is 5.32 Å². The summed E-state index contributed by atoms with van der Waals surface area (Å²) in [6.45, 7) is 3.22. The Kier molecular flexibility index (Phi) is 4.44. The van der Waals surface area contributed by atoms with Crippen molar-refractivity contribution in [2.75, 3.05) is 6.54 Å². The van der Waals surface area contributed by atoms with Crippen LogP contribution in [0.5, 0.6) is 0 Å². The Morgan fingerprint density at radius 3 is 2.60 bits per heavy atom. The van der Waals surface area contributed by atoms with Gasteiger partial charge in [-0.05, 0) is 29.7 Å². The Bertz CT molecular complexity index is 552. The van der Waals surface area contributed by atoms with E-state index < -0.39 is 0 Å². The first-order chi connectivity index (χ1) is 9.88. The van der Waals surface area contributed by atoms with Crippen LogP contribution in [0.3, 0.4) is 0 Å². The quantitative estimate of drug-likeness (QED) is 0.883. The fraction of sp³-hybridized carbons (Fsp3) is 0.333. The van der Waals surface area contributed by atoms with E-state index in [0.29, 0.717) is 11.3 Å². The maximum Gasteiger partial charge on any atom is 0.0446 e. The number of hydrogen-bond donors (Lipinski definition) is 1. The lowest BCUT2D eigenvalue weighted by atomic mass is 10.1. The van der Waals surface area contributed by atoms with Crippen LogP contribution in [-0.2, 0) is 12.2 Å². The van der Waals surface area contributed by atoms with Gasteiger partial charge >= 0.3 is 0 Å². The normalized spacial score (nSPS) is 20.9. The Balaban J connectivity index is 1.71. The Hall–Kier alpha value is -1.25. The zero-order valence-electron chi connectivity index (χ0n) is 11.9. The van der Waals surface area contributed by atoms with Crippen molar-refractivity contribution in [2.45, 2.75) is 30.4 Å². The third-order valence-corrected chi connectivity index (χ3v) is 5.28. The summed E-state index contributed by atoms with van der Waals surface area (Å²) in [5.41, 5.74) is 4.44. The number of hydrogen-bond acceptors (Lipinski definition) is 2. The van der Waals surface area contributed by atoms with Crippen molar-refractivity contribution < 1.29 is 0 Å². The maximum atomic E-state index is 3.67. The molecule has 2 atom stereocenters. The molecular formula is C18H21NS. The predicted molar refractivity (Wildman–Crippen MR) is 88.1 cm³/mol. The van der Waals surface area contributed by atoms with Gasteiger partial charge in [0.1, 0.15) is 0 Å². The van der Waals surface area contributed by atoms with Crippen LogP contribution in [0, 0.1) is 0 Å². The van der Waals surface area contributed by atoms with E-state index in [4.69, 9.17) is 0 Å². The fourth-order valence-electron chi connectivity index (χ4n) is 2.95. The first-order valence-electron chi connectivity index (χ1n) is 7.35. The summed E-state index contributed by atoms with van der Waals surface area (Å²) in [7, 11) is 0. The molecule has 3 rings (SSSR count). The van der Waals surface area contributed by atoms with Gasteiger partial charge < -0.3 is 5.32 Å². The molecule has 0 heterocycles. The summed E-state index contributed by atoms with van der Waals surface area (Å²) in [5, 5.41) is 4.31. The number of benzene rings is 2. The summed E-state index contributed by atoms with van der Waals surface area (Å²) in [5.74, 6) is 1.10. The number of rotatable bonds is 5.